The summed E-state index contributed by atoms with van der Waals surface area (Å²) in [6.45, 7) is 3.65. The minimum absolute atomic E-state index is 0.605. The lowest BCUT2D eigenvalue weighted by molar-refractivity contribution is 0.710. The van der Waals surface area contributed by atoms with Gasteiger partial charge in [-0.15, -0.1) is 10.2 Å². The summed E-state index contributed by atoms with van der Waals surface area (Å²) in [6, 6.07) is 9.60. The predicted molar refractivity (Wildman–Crippen MR) is 117 cm³/mol. The Morgan fingerprint density at radius 3 is 2.71 bits per heavy atom. The third kappa shape index (κ3) is 3.99. The first-order chi connectivity index (χ1) is 13.7. The second kappa shape index (κ2) is 8.47. The second-order valence-corrected chi connectivity index (χ2v) is 8.25. The Labute approximate surface area is 177 Å². The van der Waals surface area contributed by atoms with Gasteiger partial charge in [0.15, 0.2) is 5.01 Å². The van der Waals surface area contributed by atoms with E-state index < -0.39 is 0 Å². The lowest BCUT2D eigenvalue weighted by atomic mass is 10.2. The number of anilines is 1. The molecule has 4 aromatic rings. The molecule has 0 atom stereocenters. The van der Waals surface area contributed by atoms with Crippen molar-refractivity contribution in [2.24, 2.45) is 0 Å². The molecule has 0 bridgehead atoms. The molecular formula is C20H19Cl2N5S. The van der Waals surface area contributed by atoms with Gasteiger partial charge in [-0.2, -0.15) is 0 Å². The Hall–Kier alpha value is -2.15. The number of aromatic nitrogens is 4. The molecule has 0 fully saturated rings. The number of hydrogen-bond acceptors (Lipinski definition) is 5. The predicted octanol–water partition coefficient (Wildman–Crippen LogP) is 5.97. The summed E-state index contributed by atoms with van der Waals surface area (Å²) in [5.74, 6) is 0. The van der Waals surface area contributed by atoms with E-state index in [1.54, 1.807) is 17.5 Å². The van der Waals surface area contributed by atoms with Crippen molar-refractivity contribution in [3.63, 3.8) is 0 Å². The van der Waals surface area contributed by atoms with E-state index in [1.165, 1.54) is 0 Å². The molecular weight excluding hydrogens is 413 g/mol. The summed E-state index contributed by atoms with van der Waals surface area (Å²) in [7, 11) is 0. The molecule has 0 saturated carbocycles. The van der Waals surface area contributed by atoms with Crippen molar-refractivity contribution in [3.05, 3.63) is 64.5 Å². The van der Waals surface area contributed by atoms with Gasteiger partial charge in [-0.05, 0) is 30.7 Å². The smallest absolute Gasteiger partial charge is 0.208 e. The number of benzene rings is 1. The molecule has 3 aromatic heterocycles. The number of rotatable bonds is 7. The van der Waals surface area contributed by atoms with Crippen LogP contribution in [0, 0.1) is 0 Å². The first-order valence-electron chi connectivity index (χ1n) is 9.10. The number of hydrogen-bond donors (Lipinski definition) is 0. The molecule has 8 heteroatoms. The Bertz CT molecular complexity index is 1070. The fourth-order valence-electron chi connectivity index (χ4n) is 2.97. The van der Waals surface area contributed by atoms with E-state index in [4.69, 9.17) is 23.2 Å². The molecule has 144 valence electrons. The summed E-state index contributed by atoms with van der Waals surface area (Å²) in [5, 5.41) is 12.0. The fourth-order valence-corrected chi connectivity index (χ4v) is 4.35. The third-order valence-electron chi connectivity index (χ3n) is 4.51. The highest BCUT2D eigenvalue weighted by molar-refractivity contribution is 7.18. The summed E-state index contributed by atoms with van der Waals surface area (Å²) >= 11 is 14.3. The molecule has 28 heavy (non-hydrogen) atoms. The Kier molecular flexibility index (Phi) is 5.80. The van der Waals surface area contributed by atoms with Crippen LogP contribution in [0.3, 0.4) is 0 Å². The van der Waals surface area contributed by atoms with Gasteiger partial charge in [-0.1, -0.05) is 53.9 Å². The zero-order chi connectivity index (χ0) is 19.5. The van der Waals surface area contributed by atoms with E-state index in [-0.39, 0.29) is 0 Å². The van der Waals surface area contributed by atoms with Crippen molar-refractivity contribution in [1.29, 1.82) is 0 Å². The summed E-state index contributed by atoms with van der Waals surface area (Å²) in [4.78, 5) is 6.48. The van der Waals surface area contributed by atoms with Crippen molar-refractivity contribution in [3.8, 4) is 10.6 Å². The van der Waals surface area contributed by atoms with Crippen molar-refractivity contribution in [2.75, 3.05) is 11.4 Å². The number of nitrogens with zero attached hydrogens (tertiary/aromatic N) is 5. The largest absolute Gasteiger partial charge is 0.342 e. The highest BCUT2D eigenvalue weighted by atomic mass is 35.5. The SMILES string of the molecule is CCCCN(Cc1c(Cl)cccc1Cl)c1nnc(-c2ccc3nccn3c2)s1. The lowest BCUT2D eigenvalue weighted by Crippen LogP contribution is -2.24. The third-order valence-corrected chi connectivity index (χ3v) is 6.25. The van der Waals surface area contributed by atoms with Gasteiger partial charge in [0.1, 0.15) is 5.65 Å². The van der Waals surface area contributed by atoms with E-state index in [9.17, 15) is 0 Å². The Morgan fingerprint density at radius 2 is 1.93 bits per heavy atom. The summed E-state index contributed by atoms with van der Waals surface area (Å²) < 4.78 is 1.98. The topological polar surface area (TPSA) is 46.3 Å². The van der Waals surface area contributed by atoms with Crippen molar-refractivity contribution >= 4 is 45.3 Å². The molecule has 4 rings (SSSR count). The number of pyridine rings is 1. The average Bonchev–Trinajstić information content (AvgIpc) is 3.36. The van der Waals surface area contributed by atoms with Crippen molar-refractivity contribution in [1.82, 2.24) is 19.6 Å². The van der Waals surface area contributed by atoms with Crippen LogP contribution < -0.4 is 4.90 Å². The molecule has 0 aliphatic rings. The van der Waals surface area contributed by atoms with Crippen LogP contribution in [0.15, 0.2) is 48.9 Å². The molecule has 0 spiro atoms. The molecule has 0 N–H and O–H groups in total. The number of fused-ring (bicyclic) bond motifs is 1. The lowest BCUT2D eigenvalue weighted by Gasteiger charge is -2.22. The molecule has 5 nitrogen and oxygen atoms in total. The Balaban J connectivity index is 1.63. The van der Waals surface area contributed by atoms with E-state index >= 15 is 0 Å². The molecule has 0 radical (unpaired) electrons. The number of halogens is 2. The normalized spacial score (nSPS) is 11.2. The first-order valence-corrected chi connectivity index (χ1v) is 10.7. The summed E-state index contributed by atoms with van der Waals surface area (Å²) in [6.07, 6.45) is 7.87. The number of imidazole rings is 1. The second-order valence-electron chi connectivity index (χ2n) is 6.48. The van der Waals surface area contributed by atoms with Crippen molar-refractivity contribution < 1.29 is 0 Å². The summed E-state index contributed by atoms with van der Waals surface area (Å²) in [5.41, 5.74) is 2.84. The maximum atomic E-state index is 6.39. The van der Waals surface area contributed by atoms with Gasteiger partial charge < -0.3 is 9.30 Å². The van der Waals surface area contributed by atoms with Crippen LogP contribution in [-0.2, 0) is 6.54 Å². The zero-order valence-electron chi connectivity index (χ0n) is 15.3. The van der Waals surface area contributed by atoms with E-state index in [0.717, 1.165) is 46.3 Å². The standard InChI is InChI=1S/C20H19Cl2N5S/c1-2-3-10-27(13-15-16(21)5-4-6-17(15)22)20-25-24-19(28-20)14-7-8-18-23-9-11-26(18)12-14/h4-9,11-12H,2-3,10,13H2,1H3. The fraction of sp³-hybridized carbons (Fsp3) is 0.250. The van der Waals surface area contributed by atoms with Gasteiger partial charge >= 0.3 is 0 Å². The van der Waals surface area contributed by atoms with Gasteiger partial charge in [-0.3, -0.25) is 0 Å². The van der Waals surface area contributed by atoms with Crippen LogP contribution >= 0.6 is 34.5 Å². The number of unbranched alkanes of at least 4 members (excludes halogenated alkanes) is 1. The first kappa shape index (κ1) is 19.2. The minimum atomic E-state index is 0.605. The van der Waals surface area contributed by atoms with Gasteiger partial charge in [-0.25, -0.2) is 4.98 Å². The maximum absolute atomic E-state index is 6.39. The van der Waals surface area contributed by atoms with Crippen LogP contribution in [0.5, 0.6) is 0 Å². The molecule has 0 saturated heterocycles. The van der Waals surface area contributed by atoms with Crippen LogP contribution in [0.25, 0.3) is 16.2 Å². The Morgan fingerprint density at radius 1 is 1.11 bits per heavy atom. The molecule has 3 heterocycles. The van der Waals surface area contributed by atoms with Gasteiger partial charge in [0.25, 0.3) is 0 Å². The molecule has 0 unspecified atom stereocenters. The maximum Gasteiger partial charge on any atom is 0.208 e. The van der Waals surface area contributed by atoms with E-state index in [1.807, 2.05) is 47.1 Å². The van der Waals surface area contributed by atoms with Crippen LogP contribution in [0.2, 0.25) is 10.0 Å². The highest BCUT2D eigenvalue weighted by Gasteiger charge is 2.17. The van der Waals surface area contributed by atoms with Crippen LogP contribution in [0.4, 0.5) is 5.13 Å². The molecule has 1 aromatic carbocycles. The average molecular weight is 432 g/mol. The van der Waals surface area contributed by atoms with E-state index in [2.05, 4.69) is 27.0 Å². The highest BCUT2D eigenvalue weighted by Crippen LogP contribution is 2.32. The van der Waals surface area contributed by atoms with E-state index in [0.29, 0.717) is 16.6 Å². The zero-order valence-corrected chi connectivity index (χ0v) is 17.7. The molecule has 0 amide bonds. The van der Waals surface area contributed by atoms with Crippen molar-refractivity contribution in [2.45, 2.75) is 26.3 Å². The quantitative estimate of drug-likeness (QED) is 0.361. The van der Waals surface area contributed by atoms with Crippen LogP contribution in [-0.4, -0.2) is 26.1 Å². The van der Waals surface area contributed by atoms with Gasteiger partial charge in [0, 0.05) is 52.9 Å². The van der Waals surface area contributed by atoms with Gasteiger partial charge in [0.05, 0.1) is 0 Å². The monoisotopic (exact) mass is 431 g/mol. The molecule has 0 aliphatic carbocycles. The van der Waals surface area contributed by atoms with Gasteiger partial charge in [0.2, 0.25) is 5.13 Å². The molecule has 0 aliphatic heterocycles. The van der Waals surface area contributed by atoms with Crippen LogP contribution in [0.1, 0.15) is 25.3 Å². The minimum Gasteiger partial charge on any atom is -0.342 e.